The first kappa shape index (κ1) is 15.8. The van der Waals surface area contributed by atoms with Crippen molar-refractivity contribution in [1.82, 2.24) is 0 Å². The zero-order valence-corrected chi connectivity index (χ0v) is 12.7. The topological polar surface area (TPSA) is 35.2 Å². The largest absolute Gasteiger partial charge is 0.497 e. The molecule has 2 N–H and O–H groups in total. The summed E-state index contributed by atoms with van der Waals surface area (Å²) in [6.07, 6.45) is 2.27. The van der Waals surface area contributed by atoms with Gasteiger partial charge in [-0.1, -0.05) is 23.7 Å². The molecule has 21 heavy (non-hydrogen) atoms. The summed E-state index contributed by atoms with van der Waals surface area (Å²) in [6, 6.07) is 12.3. The molecule has 0 saturated carbocycles. The van der Waals surface area contributed by atoms with Crippen molar-refractivity contribution in [3.63, 3.8) is 0 Å². The van der Waals surface area contributed by atoms with E-state index in [0.717, 1.165) is 24.2 Å². The lowest BCUT2D eigenvalue weighted by atomic mass is 9.99. The Morgan fingerprint density at radius 2 is 1.90 bits per heavy atom. The summed E-state index contributed by atoms with van der Waals surface area (Å²) >= 11 is 6.05. The van der Waals surface area contributed by atoms with Gasteiger partial charge in [0, 0.05) is 11.1 Å². The van der Waals surface area contributed by atoms with Gasteiger partial charge < -0.3 is 10.5 Å². The Morgan fingerprint density at radius 3 is 2.57 bits per heavy atom. The summed E-state index contributed by atoms with van der Waals surface area (Å²) in [5.41, 5.74) is 8.09. The van der Waals surface area contributed by atoms with Crippen LogP contribution in [-0.4, -0.2) is 13.2 Å². The van der Waals surface area contributed by atoms with Crippen molar-refractivity contribution in [2.45, 2.75) is 25.3 Å². The molecule has 2 nitrogen and oxygen atoms in total. The molecular weight excluding hydrogens is 289 g/mol. The van der Waals surface area contributed by atoms with E-state index in [1.54, 1.807) is 13.2 Å². The summed E-state index contributed by atoms with van der Waals surface area (Å²) in [4.78, 5) is 0. The first-order valence-electron chi connectivity index (χ1n) is 6.91. The molecule has 0 spiro atoms. The highest BCUT2D eigenvalue weighted by molar-refractivity contribution is 6.31. The maximum Gasteiger partial charge on any atom is 0.123 e. The van der Waals surface area contributed by atoms with E-state index in [-0.39, 0.29) is 11.9 Å². The van der Waals surface area contributed by atoms with E-state index in [0.29, 0.717) is 11.4 Å². The van der Waals surface area contributed by atoms with Crippen LogP contribution in [0.2, 0.25) is 5.02 Å². The van der Waals surface area contributed by atoms with Crippen LogP contribution in [0.3, 0.4) is 0 Å². The maximum atomic E-state index is 13.2. The average Bonchev–Trinajstić information content (AvgIpc) is 2.49. The van der Waals surface area contributed by atoms with Crippen LogP contribution >= 0.6 is 11.6 Å². The number of hydrogen-bond acceptors (Lipinski definition) is 2. The summed E-state index contributed by atoms with van der Waals surface area (Å²) in [5.74, 6) is 0.561. The van der Waals surface area contributed by atoms with Crippen molar-refractivity contribution in [3.8, 4) is 5.75 Å². The minimum absolute atomic E-state index is 0.0496. The molecule has 0 saturated heterocycles. The highest BCUT2D eigenvalue weighted by Gasteiger charge is 2.09. The Morgan fingerprint density at radius 1 is 1.19 bits per heavy atom. The van der Waals surface area contributed by atoms with Crippen LogP contribution in [0.25, 0.3) is 0 Å². The molecule has 0 radical (unpaired) electrons. The molecular formula is C17H19ClFNO. The van der Waals surface area contributed by atoms with E-state index in [1.807, 2.05) is 24.3 Å². The SMILES string of the molecule is COc1ccc(CCC(N)Cc2cc(F)ccc2Cl)cc1. The number of ether oxygens (including phenoxy) is 1. The van der Waals surface area contributed by atoms with Crippen LogP contribution in [-0.2, 0) is 12.8 Å². The van der Waals surface area contributed by atoms with E-state index in [1.165, 1.54) is 17.7 Å². The van der Waals surface area contributed by atoms with Gasteiger partial charge >= 0.3 is 0 Å². The Balaban J connectivity index is 1.89. The zero-order chi connectivity index (χ0) is 15.2. The number of nitrogens with two attached hydrogens (primary N) is 1. The molecule has 2 rings (SSSR count). The van der Waals surface area contributed by atoms with Gasteiger partial charge in [0.15, 0.2) is 0 Å². The lowest BCUT2D eigenvalue weighted by Crippen LogP contribution is -2.23. The lowest BCUT2D eigenvalue weighted by molar-refractivity contribution is 0.414. The molecule has 1 unspecified atom stereocenters. The minimum atomic E-state index is -0.281. The fourth-order valence-electron chi connectivity index (χ4n) is 2.23. The number of benzene rings is 2. The maximum absolute atomic E-state index is 13.2. The third kappa shape index (κ3) is 4.73. The standard InChI is InChI=1S/C17H19ClFNO/c1-21-16-7-3-12(4-8-16)2-6-15(20)11-13-10-14(19)5-9-17(13)18/h3-5,7-10,15H,2,6,11,20H2,1H3. The number of aryl methyl sites for hydroxylation is 1. The number of rotatable bonds is 6. The Bertz CT molecular complexity index is 586. The van der Waals surface area contributed by atoms with E-state index in [9.17, 15) is 4.39 Å². The van der Waals surface area contributed by atoms with Crippen LogP contribution < -0.4 is 10.5 Å². The predicted molar refractivity (Wildman–Crippen MR) is 84.4 cm³/mol. The number of hydrogen-bond donors (Lipinski definition) is 1. The van der Waals surface area contributed by atoms with Gasteiger partial charge in [-0.3, -0.25) is 0 Å². The van der Waals surface area contributed by atoms with Crippen molar-refractivity contribution >= 4 is 11.6 Å². The van der Waals surface area contributed by atoms with E-state index < -0.39 is 0 Å². The summed E-state index contributed by atoms with van der Waals surface area (Å²) < 4.78 is 18.3. The lowest BCUT2D eigenvalue weighted by Gasteiger charge is -2.13. The molecule has 0 aliphatic heterocycles. The third-order valence-electron chi connectivity index (χ3n) is 3.45. The normalized spacial score (nSPS) is 12.2. The van der Waals surface area contributed by atoms with Crippen LogP contribution in [0, 0.1) is 5.82 Å². The summed E-state index contributed by atoms with van der Waals surface area (Å²) in [6.45, 7) is 0. The van der Waals surface area contributed by atoms with Gasteiger partial charge in [0.05, 0.1) is 7.11 Å². The fourth-order valence-corrected chi connectivity index (χ4v) is 2.42. The van der Waals surface area contributed by atoms with Gasteiger partial charge in [0.1, 0.15) is 11.6 Å². The van der Waals surface area contributed by atoms with Crippen LogP contribution in [0.1, 0.15) is 17.5 Å². The van der Waals surface area contributed by atoms with Crippen LogP contribution in [0.5, 0.6) is 5.75 Å². The smallest absolute Gasteiger partial charge is 0.123 e. The van der Waals surface area contributed by atoms with Gasteiger partial charge in [-0.05, 0) is 60.7 Å². The Labute approximate surface area is 129 Å². The van der Waals surface area contributed by atoms with Gasteiger partial charge in [-0.15, -0.1) is 0 Å². The first-order chi connectivity index (χ1) is 10.1. The van der Waals surface area contributed by atoms with E-state index in [4.69, 9.17) is 22.1 Å². The molecule has 4 heteroatoms. The van der Waals surface area contributed by atoms with Crippen molar-refractivity contribution < 1.29 is 9.13 Å². The molecule has 0 aliphatic rings. The van der Waals surface area contributed by atoms with Gasteiger partial charge in [0.25, 0.3) is 0 Å². The third-order valence-corrected chi connectivity index (χ3v) is 3.82. The molecule has 1 atom stereocenters. The van der Waals surface area contributed by atoms with Crippen molar-refractivity contribution in [2.24, 2.45) is 5.73 Å². The molecule has 2 aromatic rings. The van der Waals surface area contributed by atoms with Crippen molar-refractivity contribution in [3.05, 3.63) is 64.4 Å². The zero-order valence-electron chi connectivity index (χ0n) is 12.0. The fraction of sp³-hybridized carbons (Fsp3) is 0.294. The number of halogens is 2. The van der Waals surface area contributed by atoms with E-state index >= 15 is 0 Å². The quantitative estimate of drug-likeness (QED) is 0.876. The minimum Gasteiger partial charge on any atom is -0.497 e. The second kappa shape index (κ2) is 7.43. The summed E-state index contributed by atoms with van der Waals surface area (Å²) in [5, 5.41) is 0.566. The average molecular weight is 308 g/mol. The molecule has 2 aromatic carbocycles. The molecule has 0 bridgehead atoms. The highest BCUT2D eigenvalue weighted by Crippen LogP contribution is 2.20. The second-order valence-electron chi connectivity index (χ2n) is 5.09. The summed E-state index contributed by atoms with van der Waals surface area (Å²) in [7, 11) is 1.65. The van der Waals surface area contributed by atoms with Gasteiger partial charge in [-0.25, -0.2) is 4.39 Å². The molecule has 112 valence electrons. The van der Waals surface area contributed by atoms with Crippen LogP contribution in [0.15, 0.2) is 42.5 Å². The van der Waals surface area contributed by atoms with Gasteiger partial charge in [0.2, 0.25) is 0 Å². The van der Waals surface area contributed by atoms with Crippen molar-refractivity contribution in [1.29, 1.82) is 0 Å². The monoisotopic (exact) mass is 307 g/mol. The molecule has 0 fully saturated rings. The van der Waals surface area contributed by atoms with E-state index in [2.05, 4.69) is 0 Å². The van der Waals surface area contributed by atoms with Crippen molar-refractivity contribution in [2.75, 3.05) is 7.11 Å². The van der Waals surface area contributed by atoms with Crippen LogP contribution in [0.4, 0.5) is 4.39 Å². The first-order valence-corrected chi connectivity index (χ1v) is 7.28. The Kier molecular flexibility index (Phi) is 5.59. The number of methoxy groups -OCH3 is 1. The second-order valence-corrected chi connectivity index (χ2v) is 5.49. The molecule has 0 amide bonds. The Hall–Kier alpha value is -1.58. The molecule has 0 aliphatic carbocycles. The molecule has 0 aromatic heterocycles. The highest BCUT2D eigenvalue weighted by atomic mass is 35.5. The van der Waals surface area contributed by atoms with Gasteiger partial charge in [-0.2, -0.15) is 0 Å². The molecule has 0 heterocycles. The predicted octanol–water partition coefficient (Wildman–Crippen LogP) is 3.99.